The van der Waals surface area contributed by atoms with Gasteiger partial charge in [-0.1, -0.05) is 83.4 Å². The van der Waals surface area contributed by atoms with Gasteiger partial charge in [-0.15, -0.1) is 0 Å². The van der Waals surface area contributed by atoms with E-state index in [1.807, 2.05) is 30.3 Å². The van der Waals surface area contributed by atoms with E-state index in [1.54, 1.807) is 12.1 Å². The van der Waals surface area contributed by atoms with Crippen LogP contribution in [0.3, 0.4) is 0 Å². The van der Waals surface area contributed by atoms with Gasteiger partial charge in [-0.2, -0.15) is 0 Å². The van der Waals surface area contributed by atoms with Gasteiger partial charge in [0.2, 0.25) is 0 Å². The van der Waals surface area contributed by atoms with Crippen molar-refractivity contribution >= 4 is 28.5 Å². The molecule has 1 amide bonds. The smallest absolute Gasteiger partial charge is 0.251 e. The number of nitrogens with one attached hydrogen (secondary N) is 1. The number of amides is 1. The summed E-state index contributed by atoms with van der Waals surface area (Å²) in [6.45, 7) is 4.54. The highest BCUT2D eigenvalue weighted by Crippen LogP contribution is 2.31. The van der Waals surface area contributed by atoms with Crippen molar-refractivity contribution in [3.63, 3.8) is 0 Å². The average Bonchev–Trinajstić information content (AvgIpc) is 2.88. The predicted molar refractivity (Wildman–Crippen MR) is 143 cm³/mol. The monoisotopic (exact) mass is 477 g/mol. The molecule has 1 N–H and O–H groups in total. The van der Waals surface area contributed by atoms with E-state index in [1.165, 1.54) is 11.1 Å². The fraction of sp³-hybridized carbons (Fsp3) is 0.100. The SMILES string of the molecule is Cc1ccc(-c2nc3ccc(C(=O)NCc4ccc(Cl)cc4)cc3nc2-c2ccc(C)cc2)cc1. The van der Waals surface area contributed by atoms with Gasteiger partial charge in [0.05, 0.1) is 22.4 Å². The summed E-state index contributed by atoms with van der Waals surface area (Å²) in [5, 5.41) is 3.63. The average molecular weight is 478 g/mol. The molecule has 0 unspecified atom stereocenters. The molecule has 0 radical (unpaired) electrons. The predicted octanol–water partition coefficient (Wildman–Crippen LogP) is 7.16. The molecule has 4 nitrogen and oxygen atoms in total. The molecule has 0 aliphatic carbocycles. The van der Waals surface area contributed by atoms with Crippen molar-refractivity contribution in [2.24, 2.45) is 0 Å². The molecule has 1 aromatic heterocycles. The largest absolute Gasteiger partial charge is 0.348 e. The summed E-state index contributed by atoms with van der Waals surface area (Å²) < 4.78 is 0. The molecule has 0 aliphatic heterocycles. The summed E-state index contributed by atoms with van der Waals surface area (Å²) in [4.78, 5) is 22.8. The molecule has 5 rings (SSSR count). The number of carbonyl (C=O) groups is 1. The number of carbonyl (C=O) groups excluding carboxylic acids is 1. The van der Waals surface area contributed by atoms with Crippen molar-refractivity contribution in [1.82, 2.24) is 15.3 Å². The lowest BCUT2D eigenvalue weighted by atomic mass is 10.0. The first-order valence-electron chi connectivity index (χ1n) is 11.4. The molecule has 0 atom stereocenters. The van der Waals surface area contributed by atoms with Crippen molar-refractivity contribution in [3.8, 4) is 22.5 Å². The van der Waals surface area contributed by atoms with E-state index >= 15 is 0 Å². The van der Waals surface area contributed by atoms with Crippen molar-refractivity contribution < 1.29 is 4.79 Å². The van der Waals surface area contributed by atoms with Crippen LogP contribution in [0.5, 0.6) is 0 Å². The first kappa shape index (κ1) is 22.8. The lowest BCUT2D eigenvalue weighted by Crippen LogP contribution is -2.22. The van der Waals surface area contributed by atoms with Gasteiger partial charge in [0.1, 0.15) is 0 Å². The van der Waals surface area contributed by atoms with Gasteiger partial charge < -0.3 is 5.32 Å². The van der Waals surface area contributed by atoms with Crippen molar-refractivity contribution in [3.05, 3.63) is 118 Å². The molecule has 5 heteroatoms. The van der Waals surface area contributed by atoms with E-state index in [2.05, 4.69) is 67.7 Å². The number of aryl methyl sites for hydroxylation is 2. The van der Waals surface area contributed by atoms with Crippen molar-refractivity contribution in [1.29, 1.82) is 0 Å². The van der Waals surface area contributed by atoms with Crippen LogP contribution in [0.25, 0.3) is 33.5 Å². The Labute approximate surface area is 209 Å². The lowest BCUT2D eigenvalue weighted by Gasteiger charge is -2.12. The van der Waals surface area contributed by atoms with Crippen LogP contribution >= 0.6 is 11.6 Å². The third-order valence-corrected chi connectivity index (χ3v) is 6.19. The van der Waals surface area contributed by atoms with Crippen LogP contribution in [0.2, 0.25) is 5.02 Å². The van der Waals surface area contributed by atoms with Gasteiger partial charge >= 0.3 is 0 Å². The number of benzene rings is 4. The fourth-order valence-electron chi connectivity index (χ4n) is 3.91. The number of rotatable bonds is 5. The highest BCUT2D eigenvalue weighted by atomic mass is 35.5. The Morgan fingerprint density at radius 3 is 1.83 bits per heavy atom. The maximum absolute atomic E-state index is 12.9. The molecular formula is C30H24ClN3O. The molecule has 4 aromatic carbocycles. The maximum atomic E-state index is 12.9. The summed E-state index contributed by atoms with van der Waals surface area (Å²) >= 11 is 5.95. The van der Waals surface area contributed by atoms with E-state index in [0.717, 1.165) is 33.6 Å². The maximum Gasteiger partial charge on any atom is 0.251 e. The number of halogens is 1. The molecule has 1 heterocycles. The molecule has 0 aliphatic rings. The summed E-state index contributed by atoms with van der Waals surface area (Å²) in [6.07, 6.45) is 0. The Morgan fingerprint density at radius 1 is 0.714 bits per heavy atom. The molecule has 0 spiro atoms. The third kappa shape index (κ3) is 5.08. The van der Waals surface area contributed by atoms with Crippen molar-refractivity contribution in [2.75, 3.05) is 0 Å². The van der Waals surface area contributed by atoms with E-state index in [9.17, 15) is 4.79 Å². The van der Waals surface area contributed by atoms with Crippen LogP contribution < -0.4 is 5.32 Å². The van der Waals surface area contributed by atoms with Crippen LogP contribution in [-0.2, 0) is 6.54 Å². The lowest BCUT2D eigenvalue weighted by molar-refractivity contribution is 0.0951. The minimum absolute atomic E-state index is 0.164. The fourth-order valence-corrected chi connectivity index (χ4v) is 4.03. The van der Waals surface area contributed by atoms with Crippen LogP contribution in [0, 0.1) is 13.8 Å². The van der Waals surface area contributed by atoms with Gasteiger partial charge in [0.25, 0.3) is 5.91 Å². The third-order valence-electron chi connectivity index (χ3n) is 5.94. The van der Waals surface area contributed by atoms with Crippen LogP contribution in [0.1, 0.15) is 27.0 Å². The topological polar surface area (TPSA) is 54.9 Å². The van der Waals surface area contributed by atoms with E-state index < -0.39 is 0 Å². The summed E-state index contributed by atoms with van der Waals surface area (Å²) in [5.74, 6) is -0.164. The summed E-state index contributed by atoms with van der Waals surface area (Å²) in [6, 6.07) is 29.4. The number of aromatic nitrogens is 2. The molecule has 0 fully saturated rings. The van der Waals surface area contributed by atoms with Crippen molar-refractivity contribution in [2.45, 2.75) is 20.4 Å². The Balaban J connectivity index is 1.52. The van der Waals surface area contributed by atoms with Gasteiger partial charge in [-0.25, -0.2) is 9.97 Å². The quantitative estimate of drug-likeness (QED) is 0.292. The summed E-state index contributed by atoms with van der Waals surface area (Å²) in [5.41, 5.74) is 8.91. The van der Waals surface area contributed by atoms with E-state index in [-0.39, 0.29) is 5.91 Å². The number of fused-ring (bicyclic) bond motifs is 1. The highest BCUT2D eigenvalue weighted by molar-refractivity contribution is 6.30. The Kier molecular flexibility index (Phi) is 6.30. The van der Waals surface area contributed by atoms with Crippen LogP contribution in [-0.4, -0.2) is 15.9 Å². The van der Waals surface area contributed by atoms with Crippen LogP contribution in [0.4, 0.5) is 0 Å². The number of hydrogen-bond donors (Lipinski definition) is 1. The van der Waals surface area contributed by atoms with E-state index in [0.29, 0.717) is 22.6 Å². The molecule has 172 valence electrons. The first-order valence-corrected chi connectivity index (χ1v) is 11.8. The molecular weight excluding hydrogens is 454 g/mol. The zero-order valence-electron chi connectivity index (χ0n) is 19.5. The number of nitrogens with zero attached hydrogens (tertiary/aromatic N) is 2. The zero-order chi connectivity index (χ0) is 24.4. The minimum atomic E-state index is -0.164. The standard InChI is InChI=1S/C30H24ClN3O/c1-19-3-9-22(10-4-19)28-29(23-11-5-20(2)6-12-23)34-27-17-24(13-16-26(27)33-28)30(35)32-18-21-7-14-25(31)15-8-21/h3-17H,18H2,1-2H3,(H,32,35). The second-order valence-corrected chi connectivity index (χ2v) is 9.10. The van der Waals surface area contributed by atoms with Gasteiger partial charge in [-0.3, -0.25) is 4.79 Å². The zero-order valence-corrected chi connectivity index (χ0v) is 20.3. The molecule has 0 saturated heterocycles. The minimum Gasteiger partial charge on any atom is -0.348 e. The number of hydrogen-bond acceptors (Lipinski definition) is 3. The summed E-state index contributed by atoms with van der Waals surface area (Å²) in [7, 11) is 0. The van der Waals surface area contributed by atoms with Gasteiger partial charge in [-0.05, 0) is 49.7 Å². The Morgan fingerprint density at radius 2 is 1.26 bits per heavy atom. The highest BCUT2D eigenvalue weighted by Gasteiger charge is 2.15. The van der Waals surface area contributed by atoms with Crippen LogP contribution in [0.15, 0.2) is 91.0 Å². The Bertz CT molecular complexity index is 1510. The van der Waals surface area contributed by atoms with Gasteiger partial charge in [0, 0.05) is 28.3 Å². The molecule has 5 aromatic rings. The molecule has 35 heavy (non-hydrogen) atoms. The normalized spacial score (nSPS) is 10.9. The van der Waals surface area contributed by atoms with E-state index in [4.69, 9.17) is 21.6 Å². The molecule has 0 bridgehead atoms. The first-order chi connectivity index (χ1) is 17.0. The van der Waals surface area contributed by atoms with Gasteiger partial charge in [0.15, 0.2) is 0 Å². The second kappa shape index (κ2) is 9.69. The molecule has 0 saturated carbocycles. The Hall–Kier alpha value is -4.02. The second-order valence-electron chi connectivity index (χ2n) is 8.67.